The number of benzene rings is 2. The van der Waals surface area contributed by atoms with Crippen LogP contribution in [0, 0.1) is 11.3 Å². The summed E-state index contributed by atoms with van der Waals surface area (Å²) in [7, 11) is 2.20. The standard InChI is InChI=1S/C26H20F3N5O4/c1-37-24(35)21-20(15-8-4-3-5-9-15)16(14-30)23(31)34(22(21)25(36)38-2)18-11-7-6-10-17(18)33-13-12-19(32-33)26(27,28)29/h3-13,20H,31H2,1-2H3. The van der Waals surface area contributed by atoms with E-state index >= 15 is 0 Å². The van der Waals surface area contributed by atoms with Gasteiger partial charge in [0, 0.05) is 6.20 Å². The Morgan fingerprint density at radius 2 is 1.58 bits per heavy atom. The van der Waals surface area contributed by atoms with Crippen LogP contribution in [0.4, 0.5) is 18.9 Å². The molecule has 0 fully saturated rings. The zero-order valence-electron chi connectivity index (χ0n) is 20.1. The van der Waals surface area contributed by atoms with Crippen LogP contribution in [0.1, 0.15) is 17.2 Å². The number of ether oxygens (including phenoxy) is 2. The lowest BCUT2D eigenvalue weighted by molar-refractivity contribution is -0.141. The van der Waals surface area contributed by atoms with E-state index in [1.807, 2.05) is 6.07 Å². The molecular formula is C26H20F3N5O4. The fraction of sp³-hybridized carbons (Fsp3) is 0.154. The topological polar surface area (TPSA) is 123 Å². The van der Waals surface area contributed by atoms with E-state index in [4.69, 9.17) is 15.2 Å². The van der Waals surface area contributed by atoms with Crippen molar-refractivity contribution < 1.29 is 32.2 Å². The molecule has 1 aliphatic heterocycles. The number of carbonyl (C=O) groups excluding carboxylic acids is 2. The number of allylic oxidation sites excluding steroid dienone is 1. The summed E-state index contributed by atoms with van der Waals surface area (Å²) >= 11 is 0. The molecule has 194 valence electrons. The van der Waals surface area contributed by atoms with Crippen molar-refractivity contribution in [2.75, 3.05) is 19.1 Å². The van der Waals surface area contributed by atoms with Gasteiger partial charge >= 0.3 is 18.1 Å². The number of nitriles is 1. The lowest BCUT2D eigenvalue weighted by Gasteiger charge is -2.36. The maximum absolute atomic E-state index is 13.3. The summed E-state index contributed by atoms with van der Waals surface area (Å²) in [5.74, 6) is -3.24. The third-order valence-corrected chi connectivity index (χ3v) is 5.86. The molecular weight excluding hydrogens is 503 g/mol. The van der Waals surface area contributed by atoms with E-state index in [1.54, 1.807) is 42.5 Å². The van der Waals surface area contributed by atoms with Crippen molar-refractivity contribution in [3.05, 3.63) is 101 Å². The molecule has 1 atom stereocenters. The zero-order chi connectivity index (χ0) is 27.6. The fourth-order valence-corrected chi connectivity index (χ4v) is 4.22. The molecule has 1 unspecified atom stereocenters. The SMILES string of the molecule is COC(=O)C1=C(C(=O)OC)N(c2ccccc2-n2ccc(C(F)(F)F)n2)C(N)=C(C#N)C1c1ccccc1. The summed E-state index contributed by atoms with van der Waals surface area (Å²) in [6.45, 7) is 0. The van der Waals surface area contributed by atoms with E-state index in [-0.39, 0.29) is 34.0 Å². The summed E-state index contributed by atoms with van der Waals surface area (Å²) in [5.41, 5.74) is 5.27. The maximum atomic E-state index is 13.3. The second-order valence-electron chi connectivity index (χ2n) is 7.97. The van der Waals surface area contributed by atoms with Crippen molar-refractivity contribution in [3.8, 4) is 11.8 Å². The minimum Gasteiger partial charge on any atom is -0.466 e. The number of esters is 2. The lowest BCUT2D eigenvalue weighted by Crippen LogP contribution is -2.41. The summed E-state index contributed by atoms with van der Waals surface area (Å²) in [6.07, 6.45) is -3.61. The quantitative estimate of drug-likeness (QED) is 0.501. The van der Waals surface area contributed by atoms with E-state index in [2.05, 4.69) is 5.10 Å². The smallest absolute Gasteiger partial charge is 0.435 e. The molecule has 38 heavy (non-hydrogen) atoms. The highest BCUT2D eigenvalue weighted by Crippen LogP contribution is 2.44. The largest absolute Gasteiger partial charge is 0.466 e. The van der Waals surface area contributed by atoms with Gasteiger partial charge in [0.25, 0.3) is 0 Å². The molecule has 0 bridgehead atoms. The van der Waals surface area contributed by atoms with Crippen molar-refractivity contribution in [2.24, 2.45) is 5.73 Å². The molecule has 2 aromatic carbocycles. The van der Waals surface area contributed by atoms with Crippen molar-refractivity contribution in [1.82, 2.24) is 9.78 Å². The average Bonchev–Trinajstić information content (AvgIpc) is 3.43. The Morgan fingerprint density at radius 1 is 0.974 bits per heavy atom. The van der Waals surface area contributed by atoms with Crippen LogP contribution in [-0.2, 0) is 25.2 Å². The molecule has 1 aliphatic rings. The Hall–Kier alpha value is -5.05. The number of halogens is 3. The van der Waals surface area contributed by atoms with Crippen LogP contribution in [0.25, 0.3) is 5.69 Å². The lowest BCUT2D eigenvalue weighted by atomic mass is 9.81. The molecule has 9 nitrogen and oxygen atoms in total. The highest BCUT2D eigenvalue weighted by Gasteiger charge is 2.43. The third kappa shape index (κ3) is 4.45. The monoisotopic (exact) mass is 523 g/mol. The van der Waals surface area contributed by atoms with E-state index in [0.717, 1.165) is 36.1 Å². The van der Waals surface area contributed by atoms with Gasteiger partial charge in [0.15, 0.2) is 5.69 Å². The average molecular weight is 523 g/mol. The molecule has 3 aromatic rings. The molecule has 0 saturated heterocycles. The van der Waals surface area contributed by atoms with Crippen molar-refractivity contribution in [2.45, 2.75) is 12.1 Å². The van der Waals surface area contributed by atoms with Gasteiger partial charge in [-0.2, -0.15) is 23.5 Å². The number of nitrogens with zero attached hydrogens (tertiary/aromatic N) is 4. The van der Waals surface area contributed by atoms with Crippen LogP contribution < -0.4 is 10.6 Å². The van der Waals surface area contributed by atoms with E-state index in [0.29, 0.717) is 5.56 Å². The molecule has 1 aromatic heterocycles. The van der Waals surface area contributed by atoms with Gasteiger partial charge in [0.1, 0.15) is 11.5 Å². The van der Waals surface area contributed by atoms with E-state index < -0.39 is 29.7 Å². The number of anilines is 1. The van der Waals surface area contributed by atoms with Crippen molar-refractivity contribution >= 4 is 17.6 Å². The molecule has 0 saturated carbocycles. The van der Waals surface area contributed by atoms with Crippen LogP contribution in [0.5, 0.6) is 0 Å². The van der Waals surface area contributed by atoms with Crippen molar-refractivity contribution in [3.63, 3.8) is 0 Å². The number of alkyl halides is 3. The molecule has 0 amide bonds. The van der Waals surface area contributed by atoms with Gasteiger partial charge < -0.3 is 15.2 Å². The molecule has 0 aliphatic carbocycles. The second kappa shape index (κ2) is 10.1. The molecule has 2 heterocycles. The molecule has 0 radical (unpaired) electrons. The number of carbonyl (C=O) groups is 2. The summed E-state index contributed by atoms with van der Waals surface area (Å²) < 4.78 is 50.7. The molecule has 12 heteroatoms. The van der Waals surface area contributed by atoms with Gasteiger partial charge in [0.2, 0.25) is 0 Å². The first-order valence-electron chi connectivity index (χ1n) is 11.0. The fourth-order valence-electron chi connectivity index (χ4n) is 4.22. The Kier molecular flexibility index (Phi) is 6.94. The van der Waals surface area contributed by atoms with Crippen LogP contribution in [0.3, 0.4) is 0 Å². The van der Waals surface area contributed by atoms with Crippen LogP contribution in [0.2, 0.25) is 0 Å². The zero-order valence-corrected chi connectivity index (χ0v) is 20.1. The number of para-hydroxylation sites is 2. The van der Waals surface area contributed by atoms with Crippen LogP contribution in [-0.4, -0.2) is 35.9 Å². The second-order valence-corrected chi connectivity index (χ2v) is 7.97. The van der Waals surface area contributed by atoms with Crippen LogP contribution in [0.15, 0.2) is 89.5 Å². The predicted octanol–water partition coefficient (Wildman–Crippen LogP) is 3.79. The minimum absolute atomic E-state index is 0.0582. The van der Waals surface area contributed by atoms with Gasteiger partial charge in [-0.25, -0.2) is 14.3 Å². The minimum atomic E-state index is -4.70. The summed E-state index contributed by atoms with van der Waals surface area (Å²) in [4.78, 5) is 27.5. The molecule has 0 spiro atoms. The predicted molar refractivity (Wildman–Crippen MR) is 128 cm³/mol. The Balaban J connectivity index is 2.05. The number of nitrogens with two attached hydrogens (primary N) is 1. The third-order valence-electron chi connectivity index (χ3n) is 5.86. The maximum Gasteiger partial charge on any atom is 0.435 e. The van der Waals surface area contributed by atoms with Crippen LogP contribution >= 0.6 is 0 Å². The van der Waals surface area contributed by atoms with Crippen molar-refractivity contribution in [1.29, 1.82) is 5.26 Å². The Bertz CT molecular complexity index is 1500. The first-order valence-corrected chi connectivity index (χ1v) is 11.0. The van der Waals surface area contributed by atoms with E-state index in [9.17, 15) is 28.0 Å². The van der Waals surface area contributed by atoms with Gasteiger partial charge in [-0.15, -0.1) is 0 Å². The normalized spacial score (nSPS) is 15.8. The van der Waals surface area contributed by atoms with Gasteiger partial charge in [0.05, 0.1) is 48.7 Å². The highest BCUT2D eigenvalue weighted by atomic mass is 19.4. The first-order chi connectivity index (χ1) is 18.1. The Morgan fingerprint density at radius 3 is 2.13 bits per heavy atom. The number of aromatic nitrogens is 2. The van der Waals surface area contributed by atoms with Gasteiger partial charge in [-0.3, -0.25) is 4.90 Å². The van der Waals surface area contributed by atoms with E-state index in [1.165, 1.54) is 12.1 Å². The molecule has 4 rings (SSSR count). The number of hydrogen-bond acceptors (Lipinski definition) is 8. The number of methoxy groups -OCH3 is 2. The molecule has 2 N–H and O–H groups in total. The first kappa shape index (κ1) is 26.0. The van der Waals surface area contributed by atoms with Gasteiger partial charge in [-0.1, -0.05) is 42.5 Å². The number of rotatable bonds is 5. The highest BCUT2D eigenvalue weighted by molar-refractivity contribution is 6.06. The number of hydrogen-bond donors (Lipinski definition) is 1. The summed E-state index contributed by atoms with van der Waals surface area (Å²) in [5, 5.41) is 13.8. The summed E-state index contributed by atoms with van der Waals surface area (Å²) in [6, 6.07) is 17.2. The van der Waals surface area contributed by atoms with Gasteiger partial charge in [-0.05, 0) is 23.8 Å². The Labute approximate surface area is 214 Å².